The summed E-state index contributed by atoms with van der Waals surface area (Å²) < 4.78 is 0. The van der Waals surface area contributed by atoms with Crippen LogP contribution in [0.5, 0.6) is 0 Å². The summed E-state index contributed by atoms with van der Waals surface area (Å²) in [4.78, 5) is 11.0. The lowest BCUT2D eigenvalue weighted by Gasteiger charge is -2.22. The molecule has 20 heavy (non-hydrogen) atoms. The van der Waals surface area contributed by atoms with Crippen LogP contribution < -0.4 is 0 Å². The SMILES string of the molecule is CCCCCCCCCCC(C(=O)O)C(O)C(O)CO. The summed E-state index contributed by atoms with van der Waals surface area (Å²) in [7, 11) is 0. The van der Waals surface area contributed by atoms with Gasteiger partial charge < -0.3 is 20.4 Å². The van der Waals surface area contributed by atoms with Gasteiger partial charge in [0.25, 0.3) is 0 Å². The molecule has 0 aliphatic carbocycles. The van der Waals surface area contributed by atoms with Gasteiger partial charge in [-0.3, -0.25) is 4.79 Å². The number of aliphatic hydroxyl groups is 3. The summed E-state index contributed by atoms with van der Waals surface area (Å²) in [6, 6.07) is 0. The van der Waals surface area contributed by atoms with Crippen molar-refractivity contribution in [2.24, 2.45) is 5.92 Å². The van der Waals surface area contributed by atoms with Crippen LogP contribution in [0.2, 0.25) is 0 Å². The zero-order valence-electron chi connectivity index (χ0n) is 12.5. The van der Waals surface area contributed by atoms with Gasteiger partial charge in [0.05, 0.1) is 18.6 Å². The average molecular weight is 290 g/mol. The molecule has 0 aromatic carbocycles. The maximum Gasteiger partial charge on any atom is 0.309 e. The number of hydrogen-bond acceptors (Lipinski definition) is 4. The Morgan fingerprint density at radius 2 is 1.45 bits per heavy atom. The monoisotopic (exact) mass is 290 g/mol. The molecule has 5 heteroatoms. The lowest BCUT2D eigenvalue weighted by molar-refractivity contribution is -0.150. The summed E-state index contributed by atoms with van der Waals surface area (Å²) in [6.07, 6.45) is 6.44. The van der Waals surface area contributed by atoms with E-state index in [1.54, 1.807) is 0 Å². The molecule has 0 aliphatic heterocycles. The van der Waals surface area contributed by atoms with Gasteiger partial charge in [0.1, 0.15) is 6.10 Å². The normalized spacial score (nSPS) is 15.8. The fourth-order valence-electron chi connectivity index (χ4n) is 2.31. The summed E-state index contributed by atoms with van der Waals surface area (Å²) >= 11 is 0. The third kappa shape index (κ3) is 8.51. The fraction of sp³-hybridized carbons (Fsp3) is 0.933. The molecule has 0 fully saturated rings. The summed E-state index contributed by atoms with van der Waals surface area (Å²) in [5.41, 5.74) is 0. The summed E-state index contributed by atoms with van der Waals surface area (Å²) in [6.45, 7) is 1.56. The van der Waals surface area contributed by atoms with E-state index in [9.17, 15) is 15.0 Å². The highest BCUT2D eigenvalue weighted by molar-refractivity contribution is 5.70. The quantitative estimate of drug-likeness (QED) is 0.389. The van der Waals surface area contributed by atoms with E-state index in [1.165, 1.54) is 32.1 Å². The first-order valence-corrected chi connectivity index (χ1v) is 7.74. The topological polar surface area (TPSA) is 98.0 Å². The van der Waals surface area contributed by atoms with Crippen molar-refractivity contribution in [2.75, 3.05) is 6.61 Å². The molecule has 0 rings (SSSR count). The molecular weight excluding hydrogens is 260 g/mol. The molecule has 3 unspecified atom stereocenters. The molecule has 0 amide bonds. The van der Waals surface area contributed by atoms with Crippen molar-refractivity contribution in [3.05, 3.63) is 0 Å². The van der Waals surface area contributed by atoms with Gasteiger partial charge in [-0.25, -0.2) is 0 Å². The van der Waals surface area contributed by atoms with Gasteiger partial charge >= 0.3 is 5.97 Å². The van der Waals surface area contributed by atoms with Crippen LogP contribution in [0.3, 0.4) is 0 Å². The van der Waals surface area contributed by atoms with E-state index in [0.29, 0.717) is 6.42 Å². The molecule has 0 aromatic heterocycles. The minimum Gasteiger partial charge on any atom is -0.481 e. The van der Waals surface area contributed by atoms with Gasteiger partial charge in [-0.15, -0.1) is 0 Å². The van der Waals surface area contributed by atoms with Crippen LogP contribution in [0.25, 0.3) is 0 Å². The smallest absolute Gasteiger partial charge is 0.309 e. The van der Waals surface area contributed by atoms with Crippen molar-refractivity contribution in [2.45, 2.75) is 76.9 Å². The Hall–Kier alpha value is -0.650. The highest BCUT2D eigenvalue weighted by Crippen LogP contribution is 2.18. The molecule has 120 valence electrons. The van der Waals surface area contributed by atoms with E-state index in [0.717, 1.165) is 19.3 Å². The van der Waals surface area contributed by atoms with Crippen LogP contribution in [0.1, 0.15) is 64.7 Å². The van der Waals surface area contributed by atoms with E-state index < -0.39 is 30.7 Å². The van der Waals surface area contributed by atoms with Crippen LogP contribution in [0.4, 0.5) is 0 Å². The third-order valence-electron chi connectivity index (χ3n) is 3.68. The minimum absolute atomic E-state index is 0.336. The minimum atomic E-state index is -1.40. The molecule has 0 saturated carbocycles. The van der Waals surface area contributed by atoms with Crippen molar-refractivity contribution < 1.29 is 25.2 Å². The number of unbranched alkanes of at least 4 members (excludes halogenated alkanes) is 7. The first kappa shape index (κ1) is 19.4. The number of carboxylic acids is 1. The molecule has 3 atom stereocenters. The summed E-state index contributed by atoms with van der Waals surface area (Å²) in [5, 5.41) is 36.7. The predicted molar refractivity (Wildman–Crippen MR) is 77.5 cm³/mol. The van der Waals surface area contributed by atoms with Crippen LogP contribution >= 0.6 is 0 Å². The molecule has 0 saturated heterocycles. The van der Waals surface area contributed by atoms with Gasteiger partial charge in [0, 0.05) is 0 Å². The van der Waals surface area contributed by atoms with Crippen LogP contribution in [-0.2, 0) is 4.79 Å². The molecule has 0 heterocycles. The number of carboxylic acid groups (broad SMARTS) is 1. The molecule has 5 nitrogen and oxygen atoms in total. The highest BCUT2D eigenvalue weighted by Gasteiger charge is 2.30. The zero-order valence-corrected chi connectivity index (χ0v) is 12.5. The molecule has 0 radical (unpaired) electrons. The molecule has 4 N–H and O–H groups in total. The van der Waals surface area contributed by atoms with Crippen molar-refractivity contribution >= 4 is 5.97 Å². The van der Waals surface area contributed by atoms with Gasteiger partial charge in [0.15, 0.2) is 0 Å². The molecular formula is C15H30O5. The maximum atomic E-state index is 11.0. The fourth-order valence-corrected chi connectivity index (χ4v) is 2.31. The Morgan fingerprint density at radius 1 is 0.950 bits per heavy atom. The Bertz CT molecular complexity index is 244. The lowest BCUT2D eigenvalue weighted by Crippen LogP contribution is -2.39. The van der Waals surface area contributed by atoms with Crippen molar-refractivity contribution in [1.29, 1.82) is 0 Å². The van der Waals surface area contributed by atoms with E-state index in [1.807, 2.05) is 0 Å². The standard InChI is InChI=1S/C15H30O5/c1-2-3-4-5-6-7-8-9-10-12(15(19)20)14(18)13(17)11-16/h12-14,16-18H,2-11H2,1H3,(H,19,20). The van der Waals surface area contributed by atoms with Crippen molar-refractivity contribution in [3.8, 4) is 0 Å². The van der Waals surface area contributed by atoms with Gasteiger partial charge in [-0.2, -0.15) is 0 Å². The largest absolute Gasteiger partial charge is 0.481 e. The lowest BCUT2D eigenvalue weighted by atomic mass is 9.92. The van der Waals surface area contributed by atoms with E-state index >= 15 is 0 Å². The van der Waals surface area contributed by atoms with E-state index in [-0.39, 0.29) is 0 Å². The van der Waals surface area contributed by atoms with Gasteiger partial charge in [-0.05, 0) is 6.42 Å². The number of carbonyl (C=O) groups is 1. The Balaban J connectivity index is 3.79. The number of aliphatic carboxylic acids is 1. The van der Waals surface area contributed by atoms with Gasteiger partial charge in [0.2, 0.25) is 0 Å². The van der Waals surface area contributed by atoms with Crippen molar-refractivity contribution in [3.63, 3.8) is 0 Å². The van der Waals surface area contributed by atoms with Crippen molar-refractivity contribution in [1.82, 2.24) is 0 Å². The third-order valence-corrected chi connectivity index (χ3v) is 3.68. The Labute approximate surface area is 121 Å². The van der Waals surface area contributed by atoms with Crippen LogP contribution in [0, 0.1) is 5.92 Å². The summed E-state index contributed by atoms with van der Waals surface area (Å²) in [5.74, 6) is -2.12. The number of hydrogen-bond donors (Lipinski definition) is 4. The van der Waals surface area contributed by atoms with E-state index in [4.69, 9.17) is 10.2 Å². The first-order chi connectivity index (χ1) is 9.54. The Morgan fingerprint density at radius 3 is 1.90 bits per heavy atom. The van der Waals surface area contributed by atoms with Gasteiger partial charge in [-0.1, -0.05) is 58.3 Å². The zero-order chi connectivity index (χ0) is 15.4. The van der Waals surface area contributed by atoms with Crippen LogP contribution in [-0.4, -0.2) is 45.2 Å². The number of aliphatic hydroxyl groups excluding tert-OH is 3. The Kier molecular flexibility index (Phi) is 11.7. The molecule has 0 aromatic rings. The van der Waals surface area contributed by atoms with E-state index in [2.05, 4.69) is 6.92 Å². The molecule has 0 bridgehead atoms. The molecule has 0 spiro atoms. The number of rotatable bonds is 13. The second-order valence-corrected chi connectivity index (χ2v) is 5.45. The molecule has 0 aliphatic rings. The second kappa shape index (κ2) is 12.1. The van der Waals surface area contributed by atoms with Crippen LogP contribution in [0.15, 0.2) is 0 Å². The predicted octanol–water partition coefficient (Wildman–Crippen LogP) is 1.93. The average Bonchev–Trinajstić information content (AvgIpc) is 2.43. The second-order valence-electron chi connectivity index (χ2n) is 5.45. The highest BCUT2D eigenvalue weighted by atomic mass is 16.4. The maximum absolute atomic E-state index is 11.0. The first-order valence-electron chi connectivity index (χ1n) is 7.74.